The number of piperazine rings is 1. The standard InChI is InChI=1S/C22H25Cl2N3O2S2/c1-29-21(28)19-15-5-3-2-4-6-18(15)31-20(19)25-22(30)27-11-9-26(10-12-27)14-7-8-16(23)17(24)13-14/h7-8,13H,2-6,9-12H2,1H3,(H,25,30). The number of benzene rings is 1. The summed E-state index contributed by atoms with van der Waals surface area (Å²) in [6, 6.07) is 5.71. The molecule has 0 bridgehead atoms. The fourth-order valence-electron chi connectivity index (χ4n) is 4.17. The van der Waals surface area contributed by atoms with E-state index in [1.54, 1.807) is 11.3 Å². The molecule has 1 fully saturated rings. The summed E-state index contributed by atoms with van der Waals surface area (Å²) in [5.41, 5.74) is 2.87. The molecule has 2 aliphatic rings. The van der Waals surface area contributed by atoms with Crippen LogP contribution in [-0.2, 0) is 17.6 Å². The first-order valence-corrected chi connectivity index (χ1v) is 12.4. The van der Waals surface area contributed by atoms with Crippen LogP contribution in [0, 0.1) is 0 Å². The van der Waals surface area contributed by atoms with E-state index in [-0.39, 0.29) is 5.97 Å². The number of nitrogens with one attached hydrogen (secondary N) is 1. The number of rotatable bonds is 3. The maximum Gasteiger partial charge on any atom is 0.341 e. The van der Waals surface area contributed by atoms with Gasteiger partial charge in [0, 0.05) is 36.7 Å². The van der Waals surface area contributed by atoms with Gasteiger partial charge in [-0.3, -0.25) is 0 Å². The van der Waals surface area contributed by atoms with Crippen molar-refractivity contribution in [1.29, 1.82) is 0 Å². The first-order chi connectivity index (χ1) is 15.0. The van der Waals surface area contributed by atoms with Crippen LogP contribution in [-0.4, -0.2) is 49.3 Å². The molecule has 2 heterocycles. The number of hydrogen-bond donors (Lipinski definition) is 1. The second-order valence-electron chi connectivity index (χ2n) is 7.76. The van der Waals surface area contributed by atoms with Gasteiger partial charge in [0.15, 0.2) is 5.11 Å². The lowest BCUT2D eigenvalue weighted by molar-refractivity contribution is 0.0601. The zero-order chi connectivity index (χ0) is 22.0. The third-order valence-electron chi connectivity index (χ3n) is 5.87. The molecule has 2 aromatic rings. The van der Waals surface area contributed by atoms with Crippen LogP contribution in [0.2, 0.25) is 10.0 Å². The normalized spacial score (nSPS) is 16.5. The van der Waals surface area contributed by atoms with Gasteiger partial charge in [-0.25, -0.2) is 4.79 Å². The highest BCUT2D eigenvalue weighted by molar-refractivity contribution is 7.80. The molecule has 0 radical (unpaired) electrons. The minimum absolute atomic E-state index is 0.283. The number of thiocarbonyl (C=S) groups is 1. The maximum absolute atomic E-state index is 12.5. The van der Waals surface area contributed by atoms with Crippen LogP contribution < -0.4 is 10.2 Å². The molecule has 1 saturated heterocycles. The van der Waals surface area contributed by atoms with Crippen LogP contribution in [0.15, 0.2) is 18.2 Å². The van der Waals surface area contributed by atoms with Gasteiger partial charge >= 0.3 is 5.97 Å². The number of carbonyl (C=O) groups excluding carboxylic acids is 1. The van der Waals surface area contributed by atoms with Gasteiger partial charge in [-0.2, -0.15) is 0 Å². The lowest BCUT2D eigenvalue weighted by Gasteiger charge is -2.37. The van der Waals surface area contributed by atoms with Crippen molar-refractivity contribution in [3.8, 4) is 0 Å². The van der Waals surface area contributed by atoms with Crippen LogP contribution >= 0.6 is 46.8 Å². The highest BCUT2D eigenvalue weighted by Crippen LogP contribution is 2.38. The molecular weight excluding hydrogens is 473 g/mol. The van der Waals surface area contributed by atoms with E-state index in [1.807, 2.05) is 18.2 Å². The molecule has 0 saturated carbocycles. The predicted octanol–water partition coefficient (Wildman–Crippen LogP) is 5.63. The zero-order valence-corrected chi connectivity index (χ0v) is 20.5. The Labute approximate surface area is 202 Å². The second-order valence-corrected chi connectivity index (χ2v) is 10.1. The Bertz CT molecular complexity index is 987. The van der Waals surface area contributed by atoms with Crippen molar-refractivity contribution in [3.05, 3.63) is 44.2 Å². The summed E-state index contributed by atoms with van der Waals surface area (Å²) in [6.45, 7) is 3.21. The Hall–Kier alpha value is -1.54. The highest BCUT2D eigenvalue weighted by Gasteiger charge is 2.27. The molecule has 31 heavy (non-hydrogen) atoms. The Kier molecular flexibility index (Phi) is 7.26. The Balaban J connectivity index is 1.44. The van der Waals surface area contributed by atoms with Crippen molar-refractivity contribution in [2.24, 2.45) is 0 Å². The van der Waals surface area contributed by atoms with Gasteiger partial charge in [-0.15, -0.1) is 11.3 Å². The van der Waals surface area contributed by atoms with Gasteiger partial charge < -0.3 is 19.9 Å². The van der Waals surface area contributed by atoms with E-state index in [1.165, 1.54) is 18.4 Å². The Morgan fingerprint density at radius 2 is 1.84 bits per heavy atom. The van der Waals surface area contributed by atoms with Crippen LogP contribution in [0.25, 0.3) is 0 Å². The number of halogens is 2. The molecule has 9 heteroatoms. The number of aryl methyl sites for hydroxylation is 1. The summed E-state index contributed by atoms with van der Waals surface area (Å²) in [7, 11) is 1.44. The quantitative estimate of drug-likeness (QED) is 0.336. The summed E-state index contributed by atoms with van der Waals surface area (Å²) >= 11 is 19.6. The van der Waals surface area contributed by atoms with Gasteiger partial charge in [-0.05, 0) is 61.7 Å². The monoisotopic (exact) mass is 497 g/mol. The smallest absolute Gasteiger partial charge is 0.341 e. The maximum atomic E-state index is 12.5. The van der Waals surface area contributed by atoms with E-state index in [0.717, 1.165) is 68.1 Å². The second kappa shape index (κ2) is 9.94. The number of esters is 1. The lowest BCUT2D eigenvalue weighted by atomic mass is 10.1. The van der Waals surface area contributed by atoms with E-state index >= 15 is 0 Å². The topological polar surface area (TPSA) is 44.8 Å². The summed E-state index contributed by atoms with van der Waals surface area (Å²) in [4.78, 5) is 18.3. The molecule has 1 N–H and O–H groups in total. The minimum atomic E-state index is -0.283. The van der Waals surface area contributed by atoms with Crippen LogP contribution in [0.4, 0.5) is 10.7 Å². The molecule has 4 rings (SSSR count). The van der Waals surface area contributed by atoms with Gasteiger partial charge in [0.1, 0.15) is 5.00 Å². The number of ether oxygens (including phenoxy) is 1. The summed E-state index contributed by atoms with van der Waals surface area (Å²) in [6.07, 6.45) is 5.41. The van der Waals surface area contributed by atoms with E-state index in [9.17, 15) is 4.79 Å². The molecule has 1 aliphatic carbocycles. The van der Waals surface area contributed by atoms with Crippen molar-refractivity contribution >= 4 is 68.5 Å². The summed E-state index contributed by atoms with van der Waals surface area (Å²) < 4.78 is 5.09. The van der Waals surface area contributed by atoms with E-state index in [2.05, 4.69) is 15.1 Å². The lowest BCUT2D eigenvalue weighted by Crippen LogP contribution is -2.50. The fraction of sp³-hybridized carbons (Fsp3) is 0.455. The average molecular weight is 499 g/mol. The number of anilines is 2. The SMILES string of the molecule is COC(=O)c1c(NC(=S)N2CCN(c3ccc(Cl)c(Cl)c3)CC2)sc2c1CCCCC2. The van der Waals surface area contributed by atoms with Crippen LogP contribution in [0.3, 0.4) is 0 Å². The number of nitrogens with zero attached hydrogens (tertiary/aromatic N) is 2. The number of thiophene rings is 1. The number of hydrogen-bond acceptors (Lipinski definition) is 5. The van der Waals surface area contributed by atoms with Crippen molar-refractivity contribution in [3.63, 3.8) is 0 Å². The number of methoxy groups -OCH3 is 1. The zero-order valence-electron chi connectivity index (χ0n) is 17.4. The largest absolute Gasteiger partial charge is 0.465 e. The average Bonchev–Trinajstić information content (AvgIpc) is 2.95. The van der Waals surface area contributed by atoms with Crippen LogP contribution in [0.5, 0.6) is 0 Å². The van der Waals surface area contributed by atoms with E-state index in [4.69, 9.17) is 40.2 Å². The number of fused-ring (bicyclic) bond motifs is 1. The third kappa shape index (κ3) is 4.95. The van der Waals surface area contributed by atoms with Crippen molar-refractivity contribution in [2.75, 3.05) is 43.5 Å². The summed E-state index contributed by atoms with van der Waals surface area (Å²) in [5.74, 6) is -0.283. The highest BCUT2D eigenvalue weighted by atomic mass is 35.5. The molecule has 1 aromatic carbocycles. The summed E-state index contributed by atoms with van der Waals surface area (Å²) in [5, 5.41) is 5.95. The van der Waals surface area contributed by atoms with Gasteiger partial charge in [0.2, 0.25) is 0 Å². The molecule has 0 spiro atoms. The molecule has 5 nitrogen and oxygen atoms in total. The molecule has 0 amide bonds. The Morgan fingerprint density at radius 1 is 1.10 bits per heavy atom. The van der Waals surface area contributed by atoms with Gasteiger partial charge in [0.25, 0.3) is 0 Å². The van der Waals surface area contributed by atoms with Crippen molar-refractivity contribution in [1.82, 2.24) is 4.90 Å². The molecule has 166 valence electrons. The Morgan fingerprint density at radius 3 is 2.55 bits per heavy atom. The predicted molar refractivity (Wildman–Crippen MR) is 133 cm³/mol. The molecule has 1 aliphatic heterocycles. The number of carbonyl (C=O) groups is 1. The molecule has 0 atom stereocenters. The molecular formula is C22H25Cl2N3O2S2. The first kappa shape index (κ1) is 22.6. The first-order valence-electron chi connectivity index (χ1n) is 10.5. The molecule has 1 aromatic heterocycles. The van der Waals surface area contributed by atoms with Gasteiger partial charge in [0.05, 0.1) is 22.7 Å². The van der Waals surface area contributed by atoms with Crippen molar-refractivity contribution < 1.29 is 9.53 Å². The van der Waals surface area contributed by atoms with Crippen LogP contribution in [0.1, 0.15) is 40.1 Å². The third-order valence-corrected chi connectivity index (χ3v) is 8.17. The minimum Gasteiger partial charge on any atom is -0.465 e. The fourth-order valence-corrected chi connectivity index (χ4v) is 6.09. The molecule has 0 unspecified atom stereocenters. The van der Waals surface area contributed by atoms with E-state index < -0.39 is 0 Å². The van der Waals surface area contributed by atoms with Gasteiger partial charge in [-0.1, -0.05) is 29.6 Å². The van der Waals surface area contributed by atoms with E-state index in [0.29, 0.717) is 20.7 Å². The van der Waals surface area contributed by atoms with Crippen molar-refractivity contribution in [2.45, 2.75) is 32.1 Å².